The molecule has 3 aromatic rings. The molecule has 3 amide bonds. The Balaban J connectivity index is 1.76. The minimum atomic E-state index is -0.356. The fourth-order valence-corrected chi connectivity index (χ4v) is 3.38. The molecule has 0 saturated carbocycles. The van der Waals surface area contributed by atoms with Crippen molar-refractivity contribution in [2.24, 2.45) is 0 Å². The standard InChI is InChI=1S/C26H33N5O3/c1-7-30(25(33)27-19-12-14-20(34-6)15-13-19)17-24(32)28-23-16-22(26(3,4)5)29-31(23)21-11-9-8-10-18(21)2/h8-16H,7,17H2,1-6H3,(H,27,33)(H,28,32). The van der Waals surface area contributed by atoms with Gasteiger partial charge in [-0.25, -0.2) is 9.48 Å². The van der Waals surface area contributed by atoms with Crippen LogP contribution >= 0.6 is 0 Å². The highest BCUT2D eigenvalue weighted by atomic mass is 16.5. The molecule has 0 spiro atoms. The van der Waals surface area contributed by atoms with E-state index in [9.17, 15) is 9.59 Å². The van der Waals surface area contributed by atoms with Gasteiger partial charge in [-0.05, 0) is 49.7 Å². The predicted octanol–water partition coefficient (Wildman–Crippen LogP) is 4.98. The molecule has 34 heavy (non-hydrogen) atoms. The number of benzene rings is 2. The maximum absolute atomic E-state index is 13.0. The third-order valence-electron chi connectivity index (χ3n) is 5.43. The van der Waals surface area contributed by atoms with Crippen LogP contribution in [0.15, 0.2) is 54.6 Å². The molecule has 2 aromatic carbocycles. The lowest BCUT2D eigenvalue weighted by molar-refractivity contribution is -0.116. The molecule has 1 aromatic heterocycles. The van der Waals surface area contributed by atoms with E-state index in [4.69, 9.17) is 9.84 Å². The highest BCUT2D eigenvalue weighted by molar-refractivity contribution is 5.96. The first-order chi connectivity index (χ1) is 16.1. The average molecular weight is 464 g/mol. The van der Waals surface area contributed by atoms with E-state index in [1.165, 1.54) is 4.90 Å². The molecule has 180 valence electrons. The highest BCUT2D eigenvalue weighted by Crippen LogP contribution is 2.27. The number of likely N-dealkylation sites (N-methyl/N-ethyl adjacent to an activating group) is 1. The van der Waals surface area contributed by atoms with Crippen molar-refractivity contribution in [2.75, 3.05) is 30.8 Å². The minimum Gasteiger partial charge on any atom is -0.497 e. The normalized spacial score (nSPS) is 11.1. The number of carbonyl (C=O) groups excluding carboxylic acids is 2. The first kappa shape index (κ1) is 24.8. The van der Waals surface area contributed by atoms with Crippen LogP contribution in [0.4, 0.5) is 16.3 Å². The molecule has 0 fully saturated rings. The number of para-hydroxylation sites is 1. The lowest BCUT2D eigenvalue weighted by Crippen LogP contribution is -2.40. The molecule has 3 rings (SSSR count). The molecule has 0 bridgehead atoms. The van der Waals surface area contributed by atoms with Gasteiger partial charge in [0.05, 0.1) is 18.5 Å². The van der Waals surface area contributed by atoms with Crippen molar-refractivity contribution in [3.05, 3.63) is 65.9 Å². The van der Waals surface area contributed by atoms with Crippen LogP contribution in [0, 0.1) is 6.92 Å². The van der Waals surface area contributed by atoms with Crippen LogP contribution in [-0.4, -0.2) is 46.8 Å². The number of anilines is 2. The average Bonchev–Trinajstić information content (AvgIpc) is 3.22. The Morgan fingerprint density at radius 2 is 1.74 bits per heavy atom. The van der Waals surface area contributed by atoms with E-state index < -0.39 is 0 Å². The number of hydrogen-bond acceptors (Lipinski definition) is 4. The second-order valence-electron chi connectivity index (χ2n) is 9.08. The maximum Gasteiger partial charge on any atom is 0.322 e. The Morgan fingerprint density at radius 3 is 2.32 bits per heavy atom. The monoisotopic (exact) mass is 463 g/mol. The number of carbonyl (C=O) groups is 2. The number of aryl methyl sites for hydroxylation is 1. The fourth-order valence-electron chi connectivity index (χ4n) is 3.38. The van der Waals surface area contributed by atoms with Gasteiger partial charge < -0.3 is 20.3 Å². The molecular weight excluding hydrogens is 430 g/mol. The van der Waals surface area contributed by atoms with E-state index in [0.717, 1.165) is 16.9 Å². The summed E-state index contributed by atoms with van der Waals surface area (Å²) < 4.78 is 6.89. The molecule has 0 aliphatic rings. The van der Waals surface area contributed by atoms with E-state index in [2.05, 4.69) is 31.4 Å². The smallest absolute Gasteiger partial charge is 0.322 e. The lowest BCUT2D eigenvalue weighted by Gasteiger charge is -2.21. The second-order valence-corrected chi connectivity index (χ2v) is 9.08. The molecule has 0 aliphatic carbocycles. The van der Waals surface area contributed by atoms with Crippen molar-refractivity contribution in [3.63, 3.8) is 0 Å². The maximum atomic E-state index is 13.0. The van der Waals surface area contributed by atoms with Crippen LogP contribution in [0.1, 0.15) is 39.0 Å². The first-order valence-electron chi connectivity index (χ1n) is 11.3. The van der Waals surface area contributed by atoms with E-state index in [0.29, 0.717) is 23.8 Å². The van der Waals surface area contributed by atoms with Crippen molar-refractivity contribution >= 4 is 23.4 Å². The van der Waals surface area contributed by atoms with Crippen LogP contribution in [0.25, 0.3) is 5.69 Å². The zero-order valence-electron chi connectivity index (χ0n) is 20.7. The summed E-state index contributed by atoms with van der Waals surface area (Å²) in [6.45, 7) is 10.3. The molecule has 0 unspecified atom stereocenters. The van der Waals surface area contributed by atoms with E-state index in [1.54, 1.807) is 36.1 Å². The van der Waals surface area contributed by atoms with Crippen molar-refractivity contribution in [1.82, 2.24) is 14.7 Å². The number of amides is 3. The third kappa shape index (κ3) is 5.95. The summed E-state index contributed by atoms with van der Waals surface area (Å²) in [4.78, 5) is 27.1. The van der Waals surface area contributed by atoms with Crippen molar-refractivity contribution < 1.29 is 14.3 Å². The molecule has 0 atom stereocenters. The summed E-state index contributed by atoms with van der Waals surface area (Å²) in [6, 6.07) is 16.4. The molecule has 8 heteroatoms. The number of rotatable bonds is 7. The van der Waals surface area contributed by atoms with E-state index >= 15 is 0 Å². The van der Waals surface area contributed by atoms with E-state index in [-0.39, 0.29) is 23.9 Å². The first-order valence-corrected chi connectivity index (χ1v) is 11.3. The number of aromatic nitrogens is 2. The lowest BCUT2D eigenvalue weighted by atomic mass is 9.92. The van der Waals surface area contributed by atoms with Crippen molar-refractivity contribution in [2.45, 2.75) is 40.0 Å². The van der Waals surface area contributed by atoms with Gasteiger partial charge in [-0.2, -0.15) is 5.10 Å². The number of nitrogens with one attached hydrogen (secondary N) is 2. The molecule has 1 heterocycles. The highest BCUT2D eigenvalue weighted by Gasteiger charge is 2.23. The van der Waals surface area contributed by atoms with Gasteiger partial charge in [0.2, 0.25) is 5.91 Å². The molecule has 8 nitrogen and oxygen atoms in total. The second kappa shape index (κ2) is 10.4. The zero-order chi connectivity index (χ0) is 24.9. The van der Waals surface area contributed by atoms with Crippen LogP contribution in [-0.2, 0) is 10.2 Å². The van der Waals surface area contributed by atoms with Crippen LogP contribution in [0.5, 0.6) is 5.75 Å². The van der Waals surface area contributed by atoms with Gasteiger partial charge in [0.25, 0.3) is 0 Å². The van der Waals surface area contributed by atoms with Gasteiger partial charge >= 0.3 is 6.03 Å². The Bertz CT molecular complexity index is 1150. The summed E-state index contributed by atoms with van der Waals surface area (Å²) in [6.07, 6.45) is 0. The van der Waals surface area contributed by atoms with Gasteiger partial charge in [-0.15, -0.1) is 0 Å². The fraction of sp³-hybridized carbons (Fsp3) is 0.346. The minimum absolute atomic E-state index is 0.0949. The van der Waals surface area contributed by atoms with Gasteiger partial charge in [0.15, 0.2) is 0 Å². The molecule has 0 radical (unpaired) electrons. The van der Waals surface area contributed by atoms with Gasteiger partial charge in [-0.1, -0.05) is 39.0 Å². The molecule has 0 saturated heterocycles. The molecule has 2 N–H and O–H groups in total. The SMILES string of the molecule is CCN(CC(=O)Nc1cc(C(C)(C)C)nn1-c1ccccc1C)C(=O)Nc1ccc(OC)cc1. The Kier molecular flexibility index (Phi) is 7.61. The van der Waals surface area contributed by atoms with E-state index in [1.807, 2.05) is 44.2 Å². The molecule has 0 aliphatic heterocycles. The zero-order valence-corrected chi connectivity index (χ0v) is 20.7. The Labute approximate surface area is 200 Å². The number of hydrogen-bond donors (Lipinski definition) is 2. The van der Waals surface area contributed by atoms with Gasteiger partial charge in [0, 0.05) is 23.7 Å². The topological polar surface area (TPSA) is 88.5 Å². The number of ether oxygens (including phenoxy) is 1. The van der Waals surface area contributed by atoms with Crippen molar-refractivity contribution in [1.29, 1.82) is 0 Å². The quantitative estimate of drug-likeness (QED) is 0.517. The summed E-state index contributed by atoms with van der Waals surface area (Å²) >= 11 is 0. The number of methoxy groups -OCH3 is 1. The third-order valence-corrected chi connectivity index (χ3v) is 5.43. The van der Waals surface area contributed by atoms with Crippen LogP contribution < -0.4 is 15.4 Å². The summed E-state index contributed by atoms with van der Waals surface area (Å²) in [7, 11) is 1.58. The van der Waals surface area contributed by atoms with Gasteiger partial charge in [0.1, 0.15) is 18.1 Å². The Hall–Kier alpha value is -3.81. The Morgan fingerprint density at radius 1 is 1.06 bits per heavy atom. The summed E-state index contributed by atoms with van der Waals surface area (Å²) in [5, 5.41) is 10.5. The molecular formula is C26H33N5O3. The predicted molar refractivity (Wildman–Crippen MR) is 135 cm³/mol. The van der Waals surface area contributed by atoms with Gasteiger partial charge in [-0.3, -0.25) is 4.79 Å². The van der Waals surface area contributed by atoms with Crippen LogP contribution in [0.2, 0.25) is 0 Å². The van der Waals surface area contributed by atoms with Crippen LogP contribution in [0.3, 0.4) is 0 Å². The summed E-state index contributed by atoms with van der Waals surface area (Å²) in [5.74, 6) is 0.961. The summed E-state index contributed by atoms with van der Waals surface area (Å²) in [5.41, 5.74) is 3.21. The number of urea groups is 1. The number of nitrogens with zero attached hydrogens (tertiary/aromatic N) is 3. The largest absolute Gasteiger partial charge is 0.497 e. The van der Waals surface area contributed by atoms with Crippen molar-refractivity contribution in [3.8, 4) is 11.4 Å².